The molecule has 0 aliphatic carbocycles. The minimum atomic E-state index is -3.26. The molecule has 0 amide bonds. The third kappa shape index (κ3) is 5.32. The molecule has 2 aromatic carbocycles. The van der Waals surface area contributed by atoms with Crippen LogP contribution in [0.25, 0.3) is 0 Å². The standard InChI is InChI=1S/C24H31NO5S2/c1-4-5-11-18-14-19(17-9-7-6-8-10-17)20-15-22(31-3)21(30-13-12-24(26)27)16-23(20)32(28,29)25(18)2/h6-10,12-13,15-16,18-19,28-29H,4-5,11,14H2,1-3H3,(H,26,27)/b13-12+. The number of nitrogens with zero attached hydrogens (tertiary/aromatic N) is 1. The van der Waals surface area contributed by atoms with Crippen LogP contribution in [0.1, 0.15) is 49.7 Å². The summed E-state index contributed by atoms with van der Waals surface area (Å²) in [5.41, 5.74) is 2.01. The van der Waals surface area contributed by atoms with Crippen molar-refractivity contribution in [3.05, 3.63) is 65.9 Å². The molecule has 32 heavy (non-hydrogen) atoms. The molecule has 2 unspecified atom stereocenters. The zero-order chi connectivity index (χ0) is 23.3. The van der Waals surface area contributed by atoms with Crippen molar-refractivity contribution in [3.63, 3.8) is 0 Å². The number of carboxylic acids is 1. The minimum Gasteiger partial charge on any atom is -0.478 e. The van der Waals surface area contributed by atoms with Gasteiger partial charge in [0.1, 0.15) is 5.75 Å². The number of thioether (sulfide) groups is 1. The van der Waals surface area contributed by atoms with E-state index in [9.17, 15) is 13.9 Å². The fourth-order valence-electron chi connectivity index (χ4n) is 4.13. The third-order valence-electron chi connectivity index (χ3n) is 5.89. The lowest BCUT2D eigenvalue weighted by molar-refractivity contribution is -0.131. The van der Waals surface area contributed by atoms with Crippen LogP contribution in [0.3, 0.4) is 0 Å². The van der Waals surface area contributed by atoms with Crippen LogP contribution < -0.4 is 4.74 Å². The average molecular weight is 478 g/mol. The maximum Gasteiger partial charge on any atom is 0.331 e. The summed E-state index contributed by atoms with van der Waals surface area (Å²) in [6.45, 7) is 2.14. The molecule has 1 aliphatic heterocycles. The van der Waals surface area contributed by atoms with Gasteiger partial charge in [0.15, 0.2) is 0 Å². The molecule has 3 N–H and O–H groups in total. The first-order valence-electron chi connectivity index (χ1n) is 10.6. The molecule has 8 heteroatoms. The molecule has 6 nitrogen and oxygen atoms in total. The van der Waals surface area contributed by atoms with E-state index < -0.39 is 16.7 Å². The lowest BCUT2D eigenvalue weighted by Gasteiger charge is -2.43. The quantitative estimate of drug-likeness (QED) is 0.229. The molecule has 1 aliphatic rings. The Labute approximate surface area is 195 Å². The second-order valence-electron chi connectivity index (χ2n) is 7.86. The van der Waals surface area contributed by atoms with Gasteiger partial charge in [-0.05, 0) is 36.3 Å². The zero-order valence-corrected chi connectivity index (χ0v) is 20.2. The van der Waals surface area contributed by atoms with Gasteiger partial charge in [-0.3, -0.25) is 9.11 Å². The summed E-state index contributed by atoms with van der Waals surface area (Å²) in [6.07, 6.45) is 7.63. The number of carboxylic acid groups (broad SMARTS) is 1. The average Bonchev–Trinajstić information content (AvgIpc) is 2.86. The van der Waals surface area contributed by atoms with Crippen molar-refractivity contribution in [2.24, 2.45) is 0 Å². The highest BCUT2D eigenvalue weighted by molar-refractivity contribution is 8.22. The topological polar surface area (TPSA) is 90.2 Å². The molecule has 0 spiro atoms. The number of benzene rings is 2. The molecule has 2 atom stereocenters. The molecule has 0 aromatic heterocycles. The van der Waals surface area contributed by atoms with E-state index in [0.29, 0.717) is 10.6 Å². The molecule has 0 saturated heterocycles. The Kier molecular flexibility index (Phi) is 8.30. The van der Waals surface area contributed by atoms with Crippen LogP contribution in [-0.4, -0.2) is 43.8 Å². The number of hydrogen-bond acceptors (Lipinski definition) is 6. The number of carbonyl (C=O) groups is 1. The predicted octanol–water partition coefficient (Wildman–Crippen LogP) is 6.44. The van der Waals surface area contributed by atoms with E-state index in [4.69, 9.17) is 9.84 Å². The van der Waals surface area contributed by atoms with E-state index in [-0.39, 0.29) is 12.0 Å². The molecule has 0 radical (unpaired) electrons. The van der Waals surface area contributed by atoms with E-state index in [2.05, 4.69) is 19.1 Å². The monoisotopic (exact) mass is 477 g/mol. The lowest BCUT2D eigenvalue weighted by atomic mass is 9.84. The summed E-state index contributed by atoms with van der Waals surface area (Å²) in [5.74, 6) is -0.711. The Morgan fingerprint density at radius 2 is 2.00 bits per heavy atom. The van der Waals surface area contributed by atoms with Crippen LogP contribution >= 0.6 is 22.5 Å². The molecule has 3 rings (SSSR count). The second kappa shape index (κ2) is 10.8. The Balaban J connectivity index is 2.17. The van der Waals surface area contributed by atoms with Crippen molar-refractivity contribution in [1.29, 1.82) is 0 Å². The van der Waals surface area contributed by atoms with Crippen LogP contribution in [0, 0.1) is 0 Å². The Bertz CT molecular complexity index is 964. The van der Waals surface area contributed by atoms with Gasteiger partial charge < -0.3 is 9.84 Å². The van der Waals surface area contributed by atoms with Crippen molar-refractivity contribution in [2.45, 2.75) is 54.4 Å². The summed E-state index contributed by atoms with van der Waals surface area (Å²) in [7, 11) is -1.48. The number of aliphatic carboxylic acids is 1. The van der Waals surface area contributed by atoms with Gasteiger partial charge in [-0.15, -0.1) is 22.5 Å². The molecule has 2 aromatic rings. The lowest BCUT2D eigenvalue weighted by Crippen LogP contribution is -2.33. The van der Waals surface area contributed by atoms with E-state index >= 15 is 0 Å². The fourth-order valence-corrected chi connectivity index (χ4v) is 6.39. The molecular weight excluding hydrogens is 446 g/mol. The summed E-state index contributed by atoms with van der Waals surface area (Å²) in [5, 5.41) is 8.87. The van der Waals surface area contributed by atoms with Crippen LogP contribution in [0.15, 0.2) is 64.6 Å². The van der Waals surface area contributed by atoms with Crippen LogP contribution in [-0.2, 0) is 4.79 Å². The highest BCUT2D eigenvalue weighted by Crippen LogP contribution is 2.60. The number of fused-ring (bicyclic) bond motifs is 1. The van der Waals surface area contributed by atoms with E-state index in [1.54, 1.807) is 17.4 Å². The number of ether oxygens (including phenoxy) is 1. The number of unbranched alkanes of at least 4 members (excludes halogenated alkanes) is 1. The Morgan fingerprint density at radius 3 is 2.62 bits per heavy atom. The largest absolute Gasteiger partial charge is 0.478 e. The first-order chi connectivity index (χ1) is 15.3. The van der Waals surface area contributed by atoms with Crippen molar-refractivity contribution in [1.82, 2.24) is 4.31 Å². The number of rotatable bonds is 8. The minimum absolute atomic E-state index is 0.00121. The van der Waals surface area contributed by atoms with E-state index in [0.717, 1.165) is 54.0 Å². The molecule has 174 valence electrons. The second-order valence-corrected chi connectivity index (χ2v) is 10.8. The molecule has 1 heterocycles. The van der Waals surface area contributed by atoms with Crippen LogP contribution in [0.5, 0.6) is 5.75 Å². The molecule has 0 bridgehead atoms. The van der Waals surface area contributed by atoms with Gasteiger partial charge in [-0.2, -0.15) is 0 Å². The van der Waals surface area contributed by atoms with Gasteiger partial charge in [0.05, 0.1) is 22.1 Å². The van der Waals surface area contributed by atoms with E-state index in [1.807, 2.05) is 30.5 Å². The smallest absolute Gasteiger partial charge is 0.331 e. The summed E-state index contributed by atoms with van der Waals surface area (Å²) < 4.78 is 30.1. The first kappa shape index (κ1) is 24.7. The maximum absolute atomic E-state index is 11.4. The molecule has 0 saturated carbocycles. The van der Waals surface area contributed by atoms with E-state index in [1.165, 1.54) is 11.8 Å². The van der Waals surface area contributed by atoms with Crippen molar-refractivity contribution in [2.75, 3.05) is 13.3 Å². The van der Waals surface area contributed by atoms with Crippen LogP contribution in [0.4, 0.5) is 0 Å². The predicted molar refractivity (Wildman–Crippen MR) is 131 cm³/mol. The third-order valence-corrected chi connectivity index (χ3v) is 8.69. The van der Waals surface area contributed by atoms with Gasteiger partial charge >= 0.3 is 5.97 Å². The fraction of sp³-hybridized carbons (Fsp3) is 0.375. The van der Waals surface area contributed by atoms with Gasteiger partial charge in [-0.25, -0.2) is 9.10 Å². The van der Waals surface area contributed by atoms with Gasteiger partial charge in [-0.1, -0.05) is 50.1 Å². The molecule has 0 fully saturated rings. The van der Waals surface area contributed by atoms with Crippen molar-refractivity contribution in [3.8, 4) is 5.75 Å². The Morgan fingerprint density at radius 1 is 1.28 bits per heavy atom. The Hall–Kier alpha value is -1.97. The normalized spacial score (nSPS) is 21.7. The summed E-state index contributed by atoms with van der Waals surface area (Å²) in [4.78, 5) is 12.1. The van der Waals surface area contributed by atoms with Crippen molar-refractivity contribution < 1.29 is 23.7 Å². The van der Waals surface area contributed by atoms with Gasteiger partial charge in [0.2, 0.25) is 0 Å². The zero-order valence-electron chi connectivity index (χ0n) is 18.6. The SMILES string of the molecule is CCCCC1CC(c2ccccc2)c2cc(SC)c(O/C=C/C(=O)O)cc2S(O)(O)N1C. The molecular formula is C24H31NO5S2. The maximum atomic E-state index is 11.4. The van der Waals surface area contributed by atoms with Gasteiger partial charge in [0.25, 0.3) is 0 Å². The van der Waals surface area contributed by atoms with Crippen LogP contribution in [0.2, 0.25) is 0 Å². The highest BCUT2D eigenvalue weighted by atomic mass is 32.3. The number of hydrogen-bond donors (Lipinski definition) is 3. The highest BCUT2D eigenvalue weighted by Gasteiger charge is 2.38. The van der Waals surface area contributed by atoms with Gasteiger partial charge in [0, 0.05) is 25.1 Å². The summed E-state index contributed by atoms with van der Waals surface area (Å²) in [6, 6.07) is 13.8. The van der Waals surface area contributed by atoms with Crippen molar-refractivity contribution >= 4 is 28.5 Å². The summed E-state index contributed by atoms with van der Waals surface area (Å²) >= 11 is 1.47. The first-order valence-corrected chi connectivity index (χ1v) is 13.4.